The highest BCUT2D eigenvalue weighted by Gasteiger charge is 2.11. The van der Waals surface area contributed by atoms with Gasteiger partial charge in [-0.1, -0.05) is 48.0 Å². The van der Waals surface area contributed by atoms with E-state index < -0.39 is 0 Å². The summed E-state index contributed by atoms with van der Waals surface area (Å²) in [4.78, 5) is 0. The summed E-state index contributed by atoms with van der Waals surface area (Å²) in [5, 5.41) is 17.7. The molecule has 0 bridgehead atoms. The van der Waals surface area contributed by atoms with Crippen LogP contribution in [0.25, 0.3) is 0 Å². The molecule has 124 valence electrons. The van der Waals surface area contributed by atoms with E-state index in [4.69, 9.17) is 11.6 Å². The molecule has 5 heteroatoms. The molecule has 0 aliphatic heterocycles. The van der Waals surface area contributed by atoms with Gasteiger partial charge in [-0.25, -0.2) is 0 Å². The van der Waals surface area contributed by atoms with Crippen LogP contribution >= 0.6 is 11.6 Å². The molecule has 1 aromatic heterocycles. The Bertz CT molecular complexity index is 801. The summed E-state index contributed by atoms with van der Waals surface area (Å²) in [5.41, 5.74) is 3.93. The van der Waals surface area contributed by atoms with Crippen LogP contribution in [0.2, 0.25) is 5.02 Å². The number of aromatic nitrogens is 2. The number of nitrogens with one attached hydrogen (secondary N) is 1. The van der Waals surface area contributed by atoms with Gasteiger partial charge >= 0.3 is 0 Å². The number of benzene rings is 2. The Kier molecular flexibility index (Phi) is 5.18. The average molecular weight is 342 g/mol. The van der Waals surface area contributed by atoms with Crippen molar-refractivity contribution in [2.45, 2.75) is 26.1 Å². The molecule has 3 aromatic rings. The summed E-state index contributed by atoms with van der Waals surface area (Å²) in [5.74, 6) is 0. The van der Waals surface area contributed by atoms with Crippen molar-refractivity contribution in [3.63, 3.8) is 0 Å². The van der Waals surface area contributed by atoms with Crippen LogP contribution in [0, 0.1) is 0 Å². The van der Waals surface area contributed by atoms with Gasteiger partial charge in [-0.2, -0.15) is 5.10 Å². The Morgan fingerprint density at radius 2 is 1.96 bits per heavy atom. The quantitative estimate of drug-likeness (QED) is 0.704. The summed E-state index contributed by atoms with van der Waals surface area (Å²) in [6.45, 7) is 2.80. The third-order valence-electron chi connectivity index (χ3n) is 3.93. The molecule has 3 rings (SSSR count). The van der Waals surface area contributed by atoms with Crippen LogP contribution in [0.3, 0.4) is 0 Å². The lowest BCUT2D eigenvalue weighted by Gasteiger charge is -2.15. The van der Waals surface area contributed by atoms with E-state index in [1.165, 1.54) is 5.56 Å². The number of anilines is 1. The number of aliphatic hydroxyl groups is 1. The number of hydrogen-bond acceptors (Lipinski definition) is 3. The lowest BCUT2D eigenvalue weighted by molar-refractivity contribution is 0.282. The molecular formula is C19H20ClN3O. The first-order valence-corrected chi connectivity index (χ1v) is 8.25. The van der Waals surface area contributed by atoms with Gasteiger partial charge < -0.3 is 10.4 Å². The average Bonchev–Trinajstić information content (AvgIpc) is 3.06. The molecule has 0 aliphatic rings. The monoisotopic (exact) mass is 341 g/mol. The number of halogens is 1. The molecule has 0 saturated heterocycles. The molecule has 4 nitrogen and oxygen atoms in total. The van der Waals surface area contributed by atoms with Crippen LogP contribution in [-0.4, -0.2) is 14.9 Å². The second kappa shape index (κ2) is 7.51. The van der Waals surface area contributed by atoms with Crippen LogP contribution in [-0.2, 0) is 13.2 Å². The van der Waals surface area contributed by atoms with Gasteiger partial charge in [0.2, 0.25) is 0 Å². The summed E-state index contributed by atoms with van der Waals surface area (Å²) in [6.07, 6.45) is 3.90. The maximum atomic E-state index is 9.26. The molecule has 0 spiro atoms. The first kappa shape index (κ1) is 16.6. The van der Waals surface area contributed by atoms with E-state index >= 15 is 0 Å². The predicted octanol–water partition coefficient (Wildman–Crippen LogP) is 4.25. The minimum absolute atomic E-state index is 0.00472. The number of nitrogens with zero attached hydrogens (tertiary/aromatic N) is 2. The van der Waals surface area contributed by atoms with E-state index in [1.807, 2.05) is 47.4 Å². The van der Waals surface area contributed by atoms with Crippen LogP contribution in [0.1, 0.15) is 29.7 Å². The molecule has 0 fully saturated rings. The van der Waals surface area contributed by atoms with Crippen molar-refractivity contribution in [3.05, 3.63) is 82.6 Å². The number of aliphatic hydroxyl groups excluding tert-OH is 1. The molecule has 24 heavy (non-hydrogen) atoms. The Morgan fingerprint density at radius 3 is 2.71 bits per heavy atom. The molecule has 1 heterocycles. The van der Waals surface area contributed by atoms with E-state index in [-0.39, 0.29) is 12.6 Å². The normalized spacial score (nSPS) is 12.1. The first-order chi connectivity index (χ1) is 11.7. The molecule has 2 N–H and O–H groups in total. The second-order valence-corrected chi connectivity index (χ2v) is 6.20. The Morgan fingerprint density at radius 1 is 1.17 bits per heavy atom. The second-order valence-electron chi connectivity index (χ2n) is 5.80. The van der Waals surface area contributed by atoms with Crippen LogP contribution in [0.5, 0.6) is 0 Å². The van der Waals surface area contributed by atoms with Crippen molar-refractivity contribution < 1.29 is 5.11 Å². The number of rotatable bonds is 6. The molecule has 0 aliphatic carbocycles. The van der Waals surface area contributed by atoms with E-state index in [0.29, 0.717) is 5.02 Å². The van der Waals surface area contributed by atoms with Gasteiger partial charge in [0.1, 0.15) is 0 Å². The van der Waals surface area contributed by atoms with Crippen molar-refractivity contribution in [2.75, 3.05) is 5.32 Å². The van der Waals surface area contributed by atoms with E-state index in [2.05, 4.69) is 29.5 Å². The zero-order valence-corrected chi connectivity index (χ0v) is 14.2. The smallest absolute Gasteiger partial charge is 0.0682 e. The fraction of sp³-hybridized carbons (Fsp3) is 0.211. The van der Waals surface area contributed by atoms with Crippen LogP contribution in [0.15, 0.2) is 60.9 Å². The zero-order chi connectivity index (χ0) is 16.9. The highest BCUT2D eigenvalue weighted by Crippen LogP contribution is 2.27. The first-order valence-electron chi connectivity index (χ1n) is 7.88. The van der Waals surface area contributed by atoms with Gasteiger partial charge in [0.15, 0.2) is 0 Å². The third-order valence-corrected chi connectivity index (χ3v) is 4.26. The molecule has 0 radical (unpaired) electrons. The minimum Gasteiger partial charge on any atom is -0.392 e. The van der Waals surface area contributed by atoms with Gasteiger partial charge in [0.25, 0.3) is 0 Å². The van der Waals surface area contributed by atoms with Gasteiger partial charge in [0.05, 0.1) is 36.1 Å². The maximum absolute atomic E-state index is 9.26. The van der Waals surface area contributed by atoms with Crippen LogP contribution < -0.4 is 5.32 Å². The SMILES string of the molecule is CC(Nc1cc(CO)ccc1Cl)c1cnn(Cc2ccccc2)c1. The summed E-state index contributed by atoms with van der Waals surface area (Å²) in [7, 11) is 0. The van der Waals surface area contributed by atoms with Crippen molar-refractivity contribution in [2.24, 2.45) is 0 Å². The standard InChI is InChI=1S/C19H20ClN3O/c1-14(22-19-9-16(13-24)7-8-18(19)20)17-10-21-23(12-17)11-15-5-3-2-4-6-15/h2-10,12,14,22,24H,11,13H2,1H3. The summed E-state index contributed by atoms with van der Waals surface area (Å²) >= 11 is 6.23. The van der Waals surface area contributed by atoms with Gasteiger partial charge in [-0.3, -0.25) is 4.68 Å². The van der Waals surface area contributed by atoms with Crippen molar-refractivity contribution >= 4 is 17.3 Å². The van der Waals surface area contributed by atoms with Crippen molar-refractivity contribution in [3.8, 4) is 0 Å². The summed E-state index contributed by atoms with van der Waals surface area (Å²) in [6, 6.07) is 15.8. The molecule has 0 amide bonds. The van der Waals surface area contributed by atoms with Crippen molar-refractivity contribution in [1.82, 2.24) is 9.78 Å². The summed E-state index contributed by atoms with van der Waals surface area (Å²) < 4.78 is 1.93. The lowest BCUT2D eigenvalue weighted by atomic mass is 10.1. The van der Waals surface area contributed by atoms with E-state index in [9.17, 15) is 5.11 Å². The Balaban J connectivity index is 1.71. The topological polar surface area (TPSA) is 50.1 Å². The van der Waals surface area contributed by atoms with Gasteiger partial charge in [0, 0.05) is 11.8 Å². The minimum atomic E-state index is -0.00472. The van der Waals surface area contributed by atoms with Crippen molar-refractivity contribution in [1.29, 1.82) is 0 Å². The highest BCUT2D eigenvalue weighted by molar-refractivity contribution is 6.33. The maximum Gasteiger partial charge on any atom is 0.0682 e. The predicted molar refractivity (Wildman–Crippen MR) is 97.2 cm³/mol. The largest absolute Gasteiger partial charge is 0.392 e. The Hall–Kier alpha value is -2.30. The van der Waals surface area contributed by atoms with Gasteiger partial charge in [-0.15, -0.1) is 0 Å². The highest BCUT2D eigenvalue weighted by atomic mass is 35.5. The molecule has 1 unspecified atom stereocenters. The van der Waals surface area contributed by atoms with E-state index in [0.717, 1.165) is 23.4 Å². The fourth-order valence-electron chi connectivity index (χ4n) is 2.56. The van der Waals surface area contributed by atoms with Crippen LogP contribution in [0.4, 0.5) is 5.69 Å². The molecular weight excluding hydrogens is 322 g/mol. The van der Waals surface area contributed by atoms with E-state index in [1.54, 1.807) is 6.07 Å². The fourth-order valence-corrected chi connectivity index (χ4v) is 2.73. The molecule has 2 aromatic carbocycles. The molecule has 0 saturated carbocycles. The zero-order valence-electron chi connectivity index (χ0n) is 13.5. The lowest BCUT2D eigenvalue weighted by Crippen LogP contribution is -2.07. The molecule has 1 atom stereocenters. The number of hydrogen-bond donors (Lipinski definition) is 2. The third kappa shape index (κ3) is 3.96. The Labute approximate surface area is 146 Å². The van der Waals surface area contributed by atoms with Gasteiger partial charge in [-0.05, 0) is 30.2 Å².